The first-order chi connectivity index (χ1) is 29.9. The van der Waals surface area contributed by atoms with E-state index in [1.54, 1.807) is 45.0 Å². The van der Waals surface area contributed by atoms with E-state index in [9.17, 15) is 9.59 Å². The van der Waals surface area contributed by atoms with Gasteiger partial charge in [-0.05, 0) is 132 Å². The average molecular weight is 836 g/mol. The summed E-state index contributed by atoms with van der Waals surface area (Å²) in [7, 11) is 0. The molecule has 4 aromatic carbocycles. The Labute approximate surface area is 361 Å². The molecule has 1 N–H and O–H groups in total. The van der Waals surface area contributed by atoms with E-state index in [1.165, 1.54) is 0 Å². The molecule has 318 valence electrons. The van der Waals surface area contributed by atoms with Gasteiger partial charge in [0.1, 0.15) is 37.3 Å². The number of benzene rings is 4. The number of hydrogen-bond donors (Lipinski definition) is 1. The number of nitrogens with one attached hydrogen (secondary N) is 1. The van der Waals surface area contributed by atoms with Gasteiger partial charge in [0.2, 0.25) is 0 Å². The van der Waals surface area contributed by atoms with Crippen LogP contribution in [0.3, 0.4) is 0 Å². The van der Waals surface area contributed by atoms with Crippen molar-refractivity contribution in [2.75, 3.05) is 37.8 Å². The molecule has 0 bridgehead atoms. The van der Waals surface area contributed by atoms with Crippen LogP contribution in [-0.2, 0) is 19.1 Å². The Balaban J connectivity index is 1.04. The fraction of sp³-hybridized carbons (Fsp3) is 0.326. The molecule has 16 nitrogen and oxygen atoms in total. The van der Waals surface area contributed by atoms with Crippen molar-refractivity contribution in [3.8, 4) is 11.8 Å². The van der Waals surface area contributed by atoms with Gasteiger partial charge in [-0.15, -0.1) is 5.11 Å². The number of azo groups is 3. The molecule has 1 unspecified atom stereocenters. The summed E-state index contributed by atoms with van der Waals surface area (Å²) in [5.41, 5.74) is 3.24. The number of rotatable bonds is 20. The maximum Gasteiger partial charge on any atom is 0.342 e. The standard InChI is InChI=1S/C46H49N11O5/c1-8-46(6,31-45(4,5)42(58)61-26-25-57(9-2)38-22-19-36(20-23-38)54-56-44-49-39(30-47)41(48-7)50-44)43(59)62-28-27-60-40-24-21-37(29-32(40)3)55-53-35-17-15-34(16-18-35)52-51-33-13-11-10-12-14-33/h10-24,29H,8-9,25-28,31H2,1-6H3,(H,49,50)/b52-51+,55-53+,56-54+. The number of ether oxygens (including phenoxy) is 3. The predicted molar refractivity (Wildman–Crippen MR) is 235 cm³/mol. The molecular formula is C46H49N11O5. The minimum Gasteiger partial charge on any atom is -0.490 e. The molecule has 0 saturated carbocycles. The van der Waals surface area contributed by atoms with Crippen LogP contribution < -0.4 is 9.64 Å². The van der Waals surface area contributed by atoms with E-state index in [4.69, 9.17) is 26.0 Å². The first-order valence-electron chi connectivity index (χ1n) is 20.1. The molecular weight excluding hydrogens is 787 g/mol. The normalized spacial score (nSPS) is 12.5. The van der Waals surface area contributed by atoms with Gasteiger partial charge in [-0.25, -0.2) is 0 Å². The second-order valence-corrected chi connectivity index (χ2v) is 15.1. The summed E-state index contributed by atoms with van der Waals surface area (Å²) >= 11 is 0. The molecule has 1 atom stereocenters. The molecule has 5 rings (SSSR count). The quantitative estimate of drug-likeness (QED) is 0.0346. The fourth-order valence-corrected chi connectivity index (χ4v) is 6.33. The maximum atomic E-state index is 13.4. The summed E-state index contributed by atoms with van der Waals surface area (Å²) in [6.45, 7) is 19.7. The van der Waals surface area contributed by atoms with Crippen LogP contribution in [0.25, 0.3) is 4.85 Å². The van der Waals surface area contributed by atoms with Crippen LogP contribution in [0.1, 0.15) is 58.7 Å². The maximum absolute atomic E-state index is 13.4. The van der Waals surface area contributed by atoms with E-state index in [0.29, 0.717) is 48.0 Å². The van der Waals surface area contributed by atoms with Gasteiger partial charge >= 0.3 is 23.7 Å². The van der Waals surface area contributed by atoms with E-state index in [1.807, 2.05) is 99.6 Å². The Bertz CT molecular complexity index is 2440. The molecule has 0 spiro atoms. The van der Waals surface area contributed by atoms with Crippen LogP contribution in [0.2, 0.25) is 0 Å². The van der Waals surface area contributed by atoms with Crippen LogP contribution in [-0.4, -0.2) is 54.8 Å². The number of nitriles is 1. The zero-order chi connectivity index (χ0) is 44.5. The predicted octanol–water partition coefficient (Wildman–Crippen LogP) is 12.2. The molecule has 0 aliphatic rings. The van der Waals surface area contributed by atoms with Gasteiger partial charge in [0.25, 0.3) is 0 Å². The highest BCUT2D eigenvalue weighted by Crippen LogP contribution is 2.39. The third-order valence-corrected chi connectivity index (χ3v) is 9.90. The molecule has 1 aromatic heterocycles. The molecule has 0 amide bonds. The van der Waals surface area contributed by atoms with Gasteiger partial charge in [0, 0.05) is 12.2 Å². The van der Waals surface area contributed by atoms with Gasteiger partial charge in [0.05, 0.1) is 45.8 Å². The van der Waals surface area contributed by atoms with Crippen LogP contribution >= 0.6 is 0 Å². The van der Waals surface area contributed by atoms with E-state index < -0.39 is 22.8 Å². The van der Waals surface area contributed by atoms with E-state index in [2.05, 4.69) is 50.4 Å². The summed E-state index contributed by atoms with van der Waals surface area (Å²) in [4.78, 5) is 38.6. The number of carbonyl (C=O) groups excluding carboxylic acids is 2. The highest BCUT2D eigenvalue weighted by Gasteiger charge is 2.43. The summed E-state index contributed by atoms with van der Waals surface area (Å²) in [6.07, 6.45) is 0.696. The van der Waals surface area contributed by atoms with Crippen molar-refractivity contribution in [3.05, 3.63) is 120 Å². The Morgan fingerprint density at radius 1 is 0.774 bits per heavy atom. The number of aromatic nitrogens is 2. The number of imidazole rings is 1. The van der Waals surface area contributed by atoms with Gasteiger partial charge in [-0.3, -0.25) is 9.59 Å². The molecule has 62 heavy (non-hydrogen) atoms. The van der Waals surface area contributed by atoms with Crippen LogP contribution in [0, 0.1) is 35.7 Å². The van der Waals surface area contributed by atoms with Crippen LogP contribution in [0.15, 0.2) is 128 Å². The minimum atomic E-state index is -0.963. The second kappa shape index (κ2) is 21.6. The topological polar surface area (TPSA) is 196 Å². The lowest BCUT2D eigenvalue weighted by Crippen LogP contribution is -2.39. The zero-order valence-electron chi connectivity index (χ0n) is 35.7. The van der Waals surface area contributed by atoms with Crippen molar-refractivity contribution >= 4 is 57.8 Å². The number of anilines is 1. The third kappa shape index (κ3) is 12.7. The Hall–Kier alpha value is -7.59. The zero-order valence-corrected chi connectivity index (χ0v) is 35.7. The summed E-state index contributed by atoms with van der Waals surface area (Å²) in [6, 6.07) is 31.4. The summed E-state index contributed by atoms with van der Waals surface area (Å²) < 4.78 is 17.3. The molecule has 1 heterocycles. The van der Waals surface area contributed by atoms with E-state index >= 15 is 0 Å². The number of nitrogens with zero attached hydrogens (tertiary/aromatic N) is 10. The summed E-state index contributed by atoms with van der Waals surface area (Å²) in [5, 5.41) is 34.4. The molecule has 0 saturated heterocycles. The Morgan fingerprint density at radius 3 is 1.90 bits per heavy atom. The number of aromatic amines is 1. The lowest BCUT2D eigenvalue weighted by atomic mass is 9.72. The van der Waals surface area contributed by atoms with Gasteiger partial charge < -0.3 is 28.9 Å². The minimum absolute atomic E-state index is 0.0332. The number of likely N-dealkylation sites (N-methyl/N-ethyl adjacent to an activating group) is 1. The number of hydrogen-bond acceptors (Lipinski definition) is 14. The Kier molecular flexibility index (Phi) is 15.9. The Morgan fingerprint density at radius 2 is 1.34 bits per heavy atom. The first kappa shape index (κ1) is 45.5. The number of aryl methyl sites for hydroxylation is 1. The van der Waals surface area contributed by atoms with Crippen molar-refractivity contribution in [1.82, 2.24) is 9.97 Å². The molecule has 5 aromatic rings. The molecule has 16 heteroatoms. The number of H-pyrrole nitrogens is 1. The van der Waals surface area contributed by atoms with Gasteiger partial charge in [0.15, 0.2) is 0 Å². The van der Waals surface area contributed by atoms with Crippen molar-refractivity contribution < 1.29 is 23.8 Å². The third-order valence-electron chi connectivity index (χ3n) is 9.90. The van der Waals surface area contributed by atoms with Crippen LogP contribution in [0.5, 0.6) is 5.75 Å². The molecule has 0 aliphatic heterocycles. The smallest absolute Gasteiger partial charge is 0.342 e. The van der Waals surface area contributed by atoms with Crippen molar-refractivity contribution in [2.24, 2.45) is 41.5 Å². The fourth-order valence-electron chi connectivity index (χ4n) is 6.33. The average Bonchev–Trinajstić information content (AvgIpc) is 3.70. The monoisotopic (exact) mass is 835 g/mol. The van der Waals surface area contributed by atoms with Crippen molar-refractivity contribution in [2.45, 2.75) is 54.4 Å². The highest BCUT2D eigenvalue weighted by molar-refractivity contribution is 5.80. The highest BCUT2D eigenvalue weighted by atomic mass is 16.6. The first-order valence-corrected chi connectivity index (χ1v) is 20.1. The van der Waals surface area contributed by atoms with Gasteiger partial charge in [-0.2, -0.15) is 25.7 Å². The number of esters is 2. The molecule has 0 fully saturated rings. The van der Waals surface area contributed by atoms with Crippen molar-refractivity contribution in [1.29, 1.82) is 5.26 Å². The lowest BCUT2D eigenvalue weighted by Gasteiger charge is -2.34. The summed E-state index contributed by atoms with van der Waals surface area (Å²) in [5.74, 6) is -0.170. The molecule has 0 aliphatic carbocycles. The SMILES string of the molecule is [C-]#[N+]c1nc(/N=N/c2ccc(N(CC)CCOC(=O)C(C)(C)CC(C)(CC)C(=O)OCCOc3ccc(/N=N/c4ccc(/N=N/c5ccccc5)cc4)cc3C)cc2)[nH]c1C#N. The van der Waals surface area contributed by atoms with Crippen LogP contribution in [0.4, 0.5) is 45.9 Å². The van der Waals surface area contributed by atoms with Crippen molar-refractivity contribution in [3.63, 3.8) is 0 Å². The molecule has 0 radical (unpaired) electrons. The van der Waals surface area contributed by atoms with E-state index in [0.717, 1.165) is 16.9 Å². The largest absolute Gasteiger partial charge is 0.490 e. The lowest BCUT2D eigenvalue weighted by molar-refractivity contribution is -0.163. The van der Waals surface area contributed by atoms with Gasteiger partial charge in [-0.1, -0.05) is 41.8 Å². The second-order valence-electron chi connectivity index (χ2n) is 15.1. The number of carbonyl (C=O) groups is 2. The van der Waals surface area contributed by atoms with E-state index in [-0.39, 0.29) is 43.7 Å².